The normalized spacial score (nSPS) is 20.3. The van der Waals surface area contributed by atoms with E-state index < -0.39 is 0 Å². The lowest BCUT2D eigenvalue weighted by Crippen LogP contribution is -2.39. The molecular weight excluding hydrogens is 292 g/mol. The van der Waals surface area contributed by atoms with Gasteiger partial charge in [0, 0.05) is 23.3 Å². The molecule has 0 heterocycles. The number of nitrogens with one attached hydrogen (secondary N) is 3. The zero-order valence-electron chi connectivity index (χ0n) is 13.8. The van der Waals surface area contributed by atoms with Gasteiger partial charge in [-0.25, -0.2) is 4.79 Å². The van der Waals surface area contributed by atoms with Gasteiger partial charge in [0.2, 0.25) is 0 Å². The average molecular weight is 318 g/mol. The first-order chi connectivity index (χ1) is 11.0. The van der Waals surface area contributed by atoms with Gasteiger partial charge in [-0.15, -0.1) is 0 Å². The number of benzene rings is 1. The minimum atomic E-state index is -0.256. The van der Waals surface area contributed by atoms with Crippen molar-refractivity contribution in [2.75, 3.05) is 11.9 Å². The molecule has 1 aromatic carbocycles. The van der Waals surface area contributed by atoms with Crippen LogP contribution in [0.25, 0.3) is 0 Å². The highest BCUT2D eigenvalue weighted by atomic mass is 16.2. The topological polar surface area (TPSA) is 96.2 Å². The molecule has 2 rings (SSSR count). The van der Waals surface area contributed by atoms with Crippen molar-refractivity contribution in [2.24, 2.45) is 11.7 Å². The van der Waals surface area contributed by atoms with Crippen molar-refractivity contribution in [3.63, 3.8) is 0 Å². The van der Waals surface area contributed by atoms with Crippen LogP contribution < -0.4 is 21.7 Å². The highest BCUT2D eigenvalue weighted by Gasteiger charge is 2.27. The summed E-state index contributed by atoms with van der Waals surface area (Å²) in [5, 5.41) is 8.54. The maximum absolute atomic E-state index is 12.3. The van der Waals surface area contributed by atoms with E-state index >= 15 is 0 Å². The molecule has 0 aromatic heterocycles. The molecule has 0 spiro atoms. The van der Waals surface area contributed by atoms with E-state index in [0.717, 1.165) is 19.3 Å². The van der Waals surface area contributed by atoms with E-state index in [1.54, 1.807) is 24.3 Å². The second kappa shape index (κ2) is 7.97. The third kappa shape index (κ3) is 4.96. The Morgan fingerprint density at radius 1 is 1.22 bits per heavy atom. The van der Waals surface area contributed by atoms with E-state index in [1.165, 1.54) is 0 Å². The highest BCUT2D eigenvalue weighted by Crippen LogP contribution is 2.25. The average Bonchev–Trinajstić information content (AvgIpc) is 2.94. The number of amides is 3. The number of carbonyl (C=O) groups excluding carboxylic acids is 2. The maximum Gasteiger partial charge on any atom is 0.319 e. The number of hydrogen-bond acceptors (Lipinski definition) is 3. The van der Waals surface area contributed by atoms with Gasteiger partial charge >= 0.3 is 6.03 Å². The second-order valence-electron chi connectivity index (χ2n) is 6.34. The summed E-state index contributed by atoms with van der Waals surface area (Å²) in [6.07, 6.45) is 3.18. The first-order valence-corrected chi connectivity index (χ1v) is 8.18. The number of nitrogens with two attached hydrogens (primary N) is 1. The second-order valence-corrected chi connectivity index (χ2v) is 6.34. The van der Waals surface area contributed by atoms with Crippen molar-refractivity contribution in [2.45, 2.75) is 45.2 Å². The Morgan fingerprint density at radius 2 is 1.91 bits per heavy atom. The van der Waals surface area contributed by atoms with E-state index in [4.69, 9.17) is 5.73 Å². The van der Waals surface area contributed by atoms with Gasteiger partial charge in [0.25, 0.3) is 5.91 Å². The Morgan fingerprint density at radius 3 is 2.52 bits per heavy atom. The number of hydrogen-bond donors (Lipinski definition) is 4. The summed E-state index contributed by atoms with van der Waals surface area (Å²) in [7, 11) is 0. The third-order valence-corrected chi connectivity index (χ3v) is 4.10. The van der Waals surface area contributed by atoms with Crippen LogP contribution in [0, 0.1) is 5.92 Å². The van der Waals surface area contributed by atoms with Gasteiger partial charge in [0.15, 0.2) is 0 Å². The van der Waals surface area contributed by atoms with Crippen LogP contribution in [0.1, 0.15) is 43.5 Å². The first-order valence-electron chi connectivity index (χ1n) is 8.18. The van der Waals surface area contributed by atoms with Crippen molar-refractivity contribution in [3.8, 4) is 0 Å². The summed E-state index contributed by atoms with van der Waals surface area (Å²) in [6, 6.07) is 6.87. The Kier molecular flexibility index (Phi) is 5.98. The predicted molar refractivity (Wildman–Crippen MR) is 91.4 cm³/mol. The highest BCUT2D eigenvalue weighted by molar-refractivity contribution is 5.95. The molecular formula is C17H26N4O2. The number of urea groups is 1. The van der Waals surface area contributed by atoms with Gasteiger partial charge < -0.3 is 21.7 Å². The Balaban J connectivity index is 1.91. The van der Waals surface area contributed by atoms with Crippen molar-refractivity contribution >= 4 is 17.6 Å². The molecule has 6 heteroatoms. The van der Waals surface area contributed by atoms with Gasteiger partial charge in [-0.3, -0.25) is 4.79 Å². The molecule has 23 heavy (non-hydrogen) atoms. The minimum absolute atomic E-state index is 0.0713. The fourth-order valence-electron chi connectivity index (χ4n) is 2.89. The van der Waals surface area contributed by atoms with Crippen LogP contribution >= 0.6 is 0 Å². The largest absolute Gasteiger partial charge is 0.349 e. The van der Waals surface area contributed by atoms with Crippen LogP contribution in [0.2, 0.25) is 0 Å². The minimum Gasteiger partial charge on any atom is -0.349 e. The summed E-state index contributed by atoms with van der Waals surface area (Å²) >= 11 is 0. The SMILES string of the molecule is CC(C)NC(=O)Nc1ccc(C(=O)NC2CCCC2CN)cc1. The molecule has 1 aromatic rings. The van der Waals surface area contributed by atoms with Gasteiger partial charge in [0.05, 0.1) is 0 Å². The zero-order valence-corrected chi connectivity index (χ0v) is 13.8. The molecule has 1 fully saturated rings. The molecule has 1 aliphatic carbocycles. The number of anilines is 1. The van der Waals surface area contributed by atoms with E-state index in [1.807, 2.05) is 13.8 Å². The lowest BCUT2D eigenvalue weighted by atomic mass is 10.0. The molecule has 0 saturated heterocycles. The molecule has 0 aliphatic heterocycles. The summed E-state index contributed by atoms with van der Waals surface area (Å²) in [5.74, 6) is 0.285. The van der Waals surface area contributed by atoms with Crippen molar-refractivity contribution < 1.29 is 9.59 Å². The number of carbonyl (C=O) groups is 2. The van der Waals surface area contributed by atoms with Crippen molar-refractivity contribution in [1.82, 2.24) is 10.6 Å². The smallest absolute Gasteiger partial charge is 0.319 e. The molecule has 6 nitrogen and oxygen atoms in total. The molecule has 1 aliphatic rings. The van der Waals surface area contributed by atoms with E-state index in [0.29, 0.717) is 23.7 Å². The molecule has 0 bridgehead atoms. The van der Waals surface area contributed by atoms with Crippen LogP contribution in [0.3, 0.4) is 0 Å². The molecule has 1 saturated carbocycles. The summed E-state index contributed by atoms with van der Waals surface area (Å²) < 4.78 is 0. The fraction of sp³-hybridized carbons (Fsp3) is 0.529. The Bertz CT molecular complexity index is 542. The van der Waals surface area contributed by atoms with Crippen molar-refractivity contribution in [3.05, 3.63) is 29.8 Å². The quantitative estimate of drug-likeness (QED) is 0.669. The lowest BCUT2D eigenvalue weighted by Gasteiger charge is -2.19. The van der Waals surface area contributed by atoms with Crippen molar-refractivity contribution in [1.29, 1.82) is 0 Å². The Labute approximate surface area is 137 Å². The molecule has 5 N–H and O–H groups in total. The van der Waals surface area contributed by atoms with Gasteiger partial charge in [-0.2, -0.15) is 0 Å². The maximum atomic E-state index is 12.3. The van der Waals surface area contributed by atoms with Crippen LogP contribution in [0.4, 0.5) is 10.5 Å². The van der Waals surface area contributed by atoms with Crippen LogP contribution in [-0.2, 0) is 0 Å². The van der Waals surface area contributed by atoms with Gasteiger partial charge in [-0.05, 0) is 63.4 Å². The molecule has 3 amide bonds. The molecule has 0 radical (unpaired) electrons. The number of rotatable bonds is 5. The summed E-state index contributed by atoms with van der Waals surface area (Å²) in [4.78, 5) is 23.9. The molecule has 2 unspecified atom stereocenters. The monoisotopic (exact) mass is 318 g/mol. The van der Waals surface area contributed by atoms with Crippen LogP contribution in [0.15, 0.2) is 24.3 Å². The lowest BCUT2D eigenvalue weighted by molar-refractivity contribution is 0.0929. The predicted octanol–water partition coefficient (Wildman–Crippen LogP) is 2.07. The summed E-state index contributed by atoms with van der Waals surface area (Å²) in [6.45, 7) is 4.40. The standard InChI is InChI=1S/C17H26N4O2/c1-11(2)19-17(23)20-14-8-6-12(7-9-14)16(22)21-15-5-3-4-13(15)10-18/h6-9,11,13,15H,3-5,10,18H2,1-2H3,(H,21,22)(H2,19,20,23). The van der Waals surface area contributed by atoms with Gasteiger partial charge in [-0.1, -0.05) is 6.42 Å². The van der Waals surface area contributed by atoms with E-state index in [9.17, 15) is 9.59 Å². The fourth-order valence-corrected chi connectivity index (χ4v) is 2.89. The van der Waals surface area contributed by atoms with E-state index in [-0.39, 0.29) is 24.0 Å². The zero-order chi connectivity index (χ0) is 16.8. The van der Waals surface area contributed by atoms with Crippen LogP contribution in [0.5, 0.6) is 0 Å². The molecule has 126 valence electrons. The van der Waals surface area contributed by atoms with Gasteiger partial charge in [0.1, 0.15) is 0 Å². The molecule has 2 atom stereocenters. The summed E-state index contributed by atoms with van der Waals surface area (Å²) in [5.41, 5.74) is 6.98. The van der Waals surface area contributed by atoms with Crippen LogP contribution in [-0.4, -0.2) is 30.6 Å². The van der Waals surface area contributed by atoms with E-state index in [2.05, 4.69) is 16.0 Å². The first kappa shape index (κ1) is 17.3. The third-order valence-electron chi connectivity index (χ3n) is 4.10. The Hall–Kier alpha value is -2.08.